The maximum Gasteiger partial charge on any atom is 0.246 e. The van der Waals surface area contributed by atoms with E-state index >= 15 is 0 Å². The molecule has 0 spiro atoms. The molecular formula is C17H18N6O. The Balaban J connectivity index is 1.59. The second-order valence-electron chi connectivity index (χ2n) is 6.19. The zero-order valence-corrected chi connectivity index (χ0v) is 13.6. The van der Waals surface area contributed by atoms with E-state index in [1.807, 2.05) is 23.1 Å². The minimum absolute atomic E-state index is 0.0212. The highest BCUT2D eigenvalue weighted by Crippen LogP contribution is 2.38. The molecule has 1 fully saturated rings. The predicted molar refractivity (Wildman–Crippen MR) is 89.3 cm³/mol. The van der Waals surface area contributed by atoms with E-state index in [9.17, 15) is 4.79 Å². The van der Waals surface area contributed by atoms with Gasteiger partial charge in [0.25, 0.3) is 0 Å². The van der Waals surface area contributed by atoms with Crippen molar-refractivity contribution in [1.82, 2.24) is 29.3 Å². The number of nitrogens with zero attached hydrogens (tertiary/aromatic N) is 6. The van der Waals surface area contributed by atoms with Crippen molar-refractivity contribution in [1.29, 1.82) is 0 Å². The molecule has 3 aromatic heterocycles. The fourth-order valence-corrected chi connectivity index (χ4v) is 2.81. The zero-order chi connectivity index (χ0) is 16.7. The van der Waals surface area contributed by atoms with E-state index in [4.69, 9.17) is 0 Å². The van der Waals surface area contributed by atoms with E-state index in [1.165, 1.54) is 0 Å². The Morgan fingerprint density at radius 2 is 2.17 bits per heavy atom. The van der Waals surface area contributed by atoms with Crippen LogP contribution in [0.5, 0.6) is 0 Å². The predicted octanol–water partition coefficient (Wildman–Crippen LogP) is 1.94. The lowest BCUT2D eigenvalue weighted by atomic mass is 9.85. The molecule has 7 heteroatoms. The van der Waals surface area contributed by atoms with Gasteiger partial charge in [0.05, 0.1) is 42.0 Å². The van der Waals surface area contributed by atoms with Gasteiger partial charge in [0.2, 0.25) is 5.91 Å². The van der Waals surface area contributed by atoms with Crippen LogP contribution in [0.15, 0.2) is 48.7 Å². The summed E-state index contributed by atoms with van der Waals surface area (Å²) in [6.45, 7) is 0. The summed E-state index contributed by atoms with van der Waals surface area (Å²) in [7, 11) is 3.52. The number of allylic oxidation sites excluding steroid dienone is 1. The van der Waals surface area contributed by atoms with Gasteiger partial charge in [-0.05, 0) is 24.5 Å². The number of carbonyl (C=O) groups excluding carboxylic acids is 1. The first-order valence-corrected chi connectivity index (χ1v) is 7.87. The van der Waals surface area contributed by atoms with Gasteiger partial charge in [0.15, 0.2) is 0 Å². The molecule has 1 aliphatic carbocycles. The molecule has 3 aromatic rings. The summed E-state index contributed by atoms with van der Waals surface area (Å²) < 4.78 is 3.71. The first-order chi connectivity index (χ1) is 11.6. The Hall–Kier alpha value is -2.96. The number of likely N-dealkylation sites (N-methyl/N-ethyl adjacent to an activating group) is 1. The van der Waals surface area contributed by atoms with E-state index in [2.05, 4.69) is 15.2 Å². The fourth-order valence-electron chi connectivity index (χ4n) is 2.81. The number of carbonyl (C=O) groups is 1. The molecule has 0 radical (unpaired) electrons. The van der Waals surface area contributed by atoms with Crippen molar-refractivity contribution >= 4 is 11.4 Å². The van der Waals surface area contributed by atoms with E-state index in [-0.39, 0.29) is 11.9 Å². The Bertz CT molecular complexity index is 935. The van der Waals surface area contributed by atoms with Crippen molar-refractivity contribution in [3.8, 4) is 11.3 Å². The van der Waals surface area contributed by atoms with Gasteiger partial charge >= 0.3 is 0 Å². The molecule has 1 aliphatic rings. The van der Waals surface area contributed by atoms with Crippen LogP contribution in [-0.4, -0.2) is 49.3 Å². The molecule has 0 aromatic carbocycles. The van der Waals surface area contributed by atoms with Crippen LogP contribution < -0.4 is 0 Å². The molecule has 24 heavy (non-hydrogen) atoms. The number of hydrogen-bond donors (Lipinski definition) is 0. The van der Waals surface area contributed by atoms with Gasteiger partial charge in [0.1, 0.15) is 0 Å². The quantitative estimate of drug-likeness (QED) is 0.691. The lowest BCUT2D eigenvalue weighted by Gasteiger charge is -2.30. The number of rotatable bonds is 3. The fraction of sp³-hybridized carbons (Fsp3) is 0.294. The van der Waals surface area contributed by atoms with Crippen molar-refractivity contribution in [3.63, 3.8) is 0 Å². The number of aromatic nitrogens is 5. The largest absolute Gasteiger partial charge is 0.345 e. The van der Waals surface area contributed by atoms with Gasteiger partial charge < -0.3 is 4.90 Å². The van der Waals surface area contributed by atoms with Crippen LogP contribution in [0.3, 0.4) is 0 Å². The molecule has 3 heterocycles. The summed E-state index contributed by atoms with van der Waals surface area (Å²) in [5.74, 6) is 0.0212. The maximum atomic E-state index is 11.8. The van der Waals surface area contributed by atoms with Gasteiger partial charge in [-0.25, -0.2) is 4.52 Å². The highest BCUT2D eigenvalue weighted by molar-refractivity contribution is 5.88. The SMILES string of the molecule is CN(C)C(=O)/C=C1\CCC1n1cc(-c2cn3nccc3cn2)cn1. The number of hydrogen-bond acceptors (Lipinski definition) is 4. The lowest BCUT2D eigenvalue weighted by Crippen LogP contribution is -2.25. The minimum Gasteiger partial charge on any atom is -0.345 e. The molecule has 122 valence electrons. The van der Waals surface area contributed by atoms with Crippen molar-refractivity contribution in [2.24, 2.45) is 0 Å². The van der Waals surface area contributed by atoms with Crippen LogP contribution in [0.4, 0.5) is 0 Å². The van der Waals surface area contributed by atoms with Crippen LogP contribution in [0.25, 0.3) is 16.8 Å². The molecular weight excluding hydrogens is 304 g/mol. The number of amides is 1. The van der Waals surface area contributed by atoms with Crippen molar-refractivity contribution in [3.05, 3.63) is 48.7 Å². The van der Waals surface area contributed by atoms with Crippen LogP contribution in [-0.2, 0) is 4.79 Å². The first-order valence-electron chi connectivity index (χ1n) is 7.87. The zero-order valence-electron chi connectivity index (χ0n) is 13.6. The third-order valence-electron chi connectivity index (χ3n) is 4.38. The van der Waals surface area contributed by atoms with E-state index in [0.29, 0.717) is 0 Å². The standard InChI is InChI=1S/C17H18N6O/c1-21(2)17(24)7-12-3-4-16(12)23-10-13(8-20-23)15-11-22-14(9-18-15)5-6-19-22/h5-11,16H,3-4H2,1-2H3/b12-7+. The van der Waals surface area contributed by atoms with E-state index in [0.717, 1.165) is 35.2 Å². The molecule has 7 nitrogen and oxygen atoms in total. The second kappa shape index (κ2) is 5.59. The van der Waals surface area contributed by atoms with Crippen LogP contribution in [0.1, 0.15) is 18.9 Å². The Labute approximate surface area is 139 Å². The normalized spacial score (nSPS) is 18.8. The van der Waals surface area contributed by atoms with Crippen LogP contribution in [0, 0.1) is 0 Å². The van der Waals surface area contributed by atoms with Gasteiger partial charge in [-0.1, -0.05) is 0 Å². The molecule has 0 N–H and O–H groups in total. The third-order valence-corrected chi connectivity index (χ3v) is 4.38. The highest BCUT2D eigenvalue weighted by Gasteiger charge is 2.27. The van der Waals surface area contributed by atoms with Crippen molar-refractivity contribution < 1.29 is 4.79 Å². The maximum absolute atomic E-state index is 11.8. The molecule has 0 saturated heterocycles. The monoisotopic (exact) mass is 322 g/mol. The summed E-state index contributed by atoms with van der Waals surface area (Å²) in [6, 6.07) is 2.07. The van der Waals surface area contributed by atoms with Gasteiger partial charge in [-0.3, -0.25) is 14.5 Å². The smallest absolute Gasteiger partial charge is 0.246 e. The molecule has 4 rings (SSSR count). The Morgan fingerprint density at radius 3 is 2.92 bits per heavy atom. The van der Waals surface area contributed by atoms with Gasteiger partial charge in [0, 0.05) is 31.9 Å². The summed E-state index contributed by atoms with van der Waals surface area (Å²) in [5, 5.41) is 8.70. The number of fused-ring (bicyclic) bond motifs is 1. The van der Waals surface area contributed by atoms with Crippen LogP contribution >= 0.6 is 0 Å². The molecule has 0 bridgehead atoms. The molecule has 0 aliphatic heterocycles. The van der Waals surface area contributed by atoms with Crippen molar-refractivity contribution in [2.45, 2.75) is 18.9 Å². The second-order valence-corrected chi connectivity index (χ2v) is 6.19. The highest BCUT2D eigenvalue weighted by atomic mass is 16.2. The summed E-state index contributed by atoms with van der Waals surface area (Å²) >= 11 is 0. The molecule has 1 atom stereocenters. The van der Waals surface area contributed by atoms with E-state index in [1.54, 1.807) is 48.2 Å². The molecule has 1 amide bonds. The van der Waals surface area contributed by atoms with Gasteiger partial charge in [-0.2, -0.15) is 10.2 Å². The van der Waals surface area contributed by atoms with Gasteiger partial charge in [-0.15, -0.1) is 0 Å². The topological polar surface area (TPSA) is 68.3 Å². The summed E-state index contributed by atoms with van der Waals surface area (Å²) in [4.78, 5) is 17.9. The molecule has 1 unspecified atom stereocenters. The van der Waals surface area contributed by atoms with E-state index < -0.39 is 0 Å². The molecule has 1 saturated carbocycles. The first kappa shape index (κ1) is 14.6. The Morgan fingerprint density at radius 1 is 1.29 bits per heavy atom. The van der Waals surface area contributed by atoms with Crippen molar-refractivity contribution in [2.75, 3.05) is 14.1 Å². The summed E-state index contributed by atoms with van der Waals surface area (Å²) in [6.07, 6.45) is 12.9. The Kier molecular flexibility index (Phi) is 3.41. The average Bonchev–Trinajstić information content (AvgIpc) is 3.19. The summed E-state index contributed by atoms with van der Waals surface area (Å²) in [5.41, 5.74) is 3.85. The minimum atomic E-state index is 0.0212. The third kappa shape index (κ3) is 2.47. The average molecular weight is 322 g/mol. The lowest BCUT2D eigenvalue weighted by molar-refractivity contribution is -0.123. The van der Waals surface area contributed by atoms with Crippen LogP contribution in [0.2, 0.25) is 0 Å².